The number of hydrogen-bond acceptors (Lipinski definition) is 4. The molecule has 0 saturated carbocycles. The lowest BCUT2D eigenvalue weighted by molar-refractivity contribution is -1.02. The Morgan fingerprint density at radius 3 is 2.55 bits per heavy atom. The monoisotopic (exact) mass is 412 g/mol. The number of benzene rings is 1. The van der Waals surface area contributed by atoms with Crippen molar-refractivity contribution >= 4 is 17.2 Å². The molecule has 0 aliphatic carbocycles. The van der Waals surface area contributed by atoms with Crippen LogP contribution in [0.1, 0.15) is 27.9 Å². The van der Waals surface area contributed by atoms with Gasteiger partial charge in [0.05, 0.1) is 6.04 Å². The van der Waals surface area contributed by atoms with E-state index in [1.807, 2.05) is 37.3 Å². The van der Waals surface area contributed by atoms with Gasteiger partial charge in [-0.2, -0.15) is 0 Å². The average molecular weight is 413 g/mol. The van der Waals surface area contributed by atoms with E-state index < -0.39 is 0 Å². The second-order valence-electron chi connectivity index (χ2n) is 7.71. The predicted molar refractivity (Wildman–Crippen MR) is 112 cm³/mol. The first-order valence-electron chi connectivity index (χ1n) is 10.1. The molecule has 1 atom stereocenters. The summed E-state index contributed by atoms with van der Waals surface area (Å²) in [6, 6.07) is 16.2. The number of piperazine rings is 1. The molecule has 0 radical (unpaired) electrons. The van der Waals surface area contributed by atoms with Gasteiger partial charge in [0.1, 0.15) is 44.2 Å². The van der Waals surface area contributed by atoms with Gasteiger partial charge >= 0.3 is 0 Å². The summed E-state index contributed by atoms with van der Waals surface area (Å²) in [6.45, 7) is 7.41. The number of aromatic nitrogens is 1. The second-order valence-corrected chi connectivity index (χ2v) is 8.69. The van der Waals surface area contributed by atoms with Crippen LogP contribution in [0.5, 0.6) is 0 Å². The Hall–Kier alpha value is -2.48. The minimum atomic E-state index is -0.0783. The zero-order valence-corrected chi connectivity index (χ0v) is 17.5. The maximum absolute atomic E-state index is 12.8. The number of carbonyl (C=O) groups is 1. The Morgan fingerprint density at radius 2 is 1.90 bits per heavy atom. The quantitative estimate of drug-likeness (QED) is 0.521. The first-order valence-corrected chi connectivity index (χ1v) is 11.0. The van der Waals surface area contributed by atoms with Crippen molar-refractivity contribution in [2.45, 2.75) is 19.5 Å². The summed E-state index contributed by atoms with van der Waals surface area (Å²) in [5.41, 5.74) is 2.14. The molecular formula is C22H28N4O2S+2. The summed E-state index contributed by atoms with van der Waals surface area (Å²) in [5.74, 6) is 0.969. The molecule has 0 bridgehead atoms. The maximum atomic E-state index is 12.8. The lowest BCUT2D eigenvalue weighted by Crippen LogP contribution is -3.28. The highest BCUT2D eigenvalue weighted by Gasteiger charge is 2.27. The van der Waals surface area contributed by atoms with Gasteiger partial charge in [0.15, 0.2) is 6.54 Å². The molecule has 0 spiro atoms. The Bertz CT molecular complexity index is 902. The van der Waals surface area contributed by atoms with Crippen molar-refractivity contribution in [2.24, 2.45) is 0 Å². The molecule has 1 fully saturated rings. The predicted octanol–water partition coefficient (Wildman–Crippen LogP) is 0.234. The topological polar surface area (TPSA) is 64.0 Å². The molecule has 6 nitrogen and oxygen atoms in total. The van der Waals surface area contributed by atoms with Crippen LogP contribution in [-0.2, 0) is 11.3 Å². The zero-order valence-electron chi connectivity index (χ0n) is 16.7. The van der Waals surface area contributed by atoms with E-state index in [9.17, 15) is 4.79 Å². The minimum Gasteiger partial charge on any atom is -0.361 e. The van der Waals surface area contributed by atoms with Crippen LogP contribution in [-0.4, -0.2) is 43.8 Å². The summed E-state index contributed by atoms with van der Waals surface area (Å²) in [7, 11) is 0. The number of hydrogen-bond donors (Lipinski definition) is 3. The number of amides is 1. The Morgan fingerprint density at radius 1 is 1.14 bits per heavy atom. The van der Waals surface area contributed by atoms with Crippen LogP contribution in [0.4, 0.5) is 0 Å². The Balaban J connectivity index is 1.30. The van der Waals surface area contributed by atoms with E-state index in [4.69, 9.17) is 4.52 Å². The molecule has 2 aromatic heterocycles. The van der Waals surface area contributed by atoms with Crippen LogP contribution in [0.15, 0.2) is 58.4 Å². The first kappa shape index (κ1) is 19.8. The molecule has 1 aliphatic rings. The van der Waals surface area contributed by atoms with Gasteiger partial charge in [0.2, 0.25) is 0 Å². The van der Waals surface area contributed by atoms with E-state index in [2.05, 4.69) is 34.1 Å². The molecule has 3 N–H and O–H groups in total. The van der Waals surface area contributed by atoms with E-state index in [1.165, 1.54) is 9.80 Å². The van der Waals surface area contributed by atoms with E-state index in [-0.39, 0.29) is 11.9 Å². The van der Waals surface area contributed by atoms with Gasteiger partial charge in [-0.05, 0) is 23.9 Å². The fourth-order valence-electron chi connectivity index (χ4n) is 3.93. The molecule has 3 aromatic rings. The van der Waals surface area contributed by atoms with Crippen LogP contribution in [0.3, 0.4) is 0 Å². The molecule has 3 heterocycles. The Kier molecular flexibility index (Phi) is 6.39. The Labute approximate surface area is 175 Å². The van der Waals surface area contributed by atoms with Crippen molar-refractivity contribution in [3.63, 3.8) is 0 Å². The van der Waals surface area contributed by atoms with Crippen molar-refractivity contribution in [3.8, 4) is 0 Å². The molecule has 1 aromatic carbocycles. The highest BCUT2D eigenvalue weighted by Crippen LogP contribution is 2.25. The van der Waals surface area contributed by atoms with Crippen molar-refractivity contribution in [3.05, 3.63) is 75.8 Å². The second kappa shape index (κ2) is 9.35. The van der Waals surface area contributed by atoms with Crippen LogP contribution < -0.4 is 15.1 Å². The molecule has 1 aliphatic heterocycles. The van der Waals surface area contributed by atoms with Crippen LogP contribution in [0.2, 0.25) is 0 Å². The molecule has 0 unspecified atom stereocenters. The van der Waals surface area contributed by atoms with Gasteiger partial charge in [-0.3, -0.25) is 4.79 Å². The highest BCUT2D eigenvalue weighted by molar-refractivity contribution is 7.10. The largest absolute Gasteiger partial charge is 0.361 e. The van der Waals surface area contributed by atoms with Crippen LogP contribution in [0.25, 0.3) is 0 Å². The third kappa shape index (κ3) is 5.32. The number of rotatable bonds is 7. The first-order chi connectivity index (χ1) is 14.2. The van der Waals surface area contributed by atoms with Gasteiger partial charge in [-0.1, -0.05) is 41.6 Å². The molecule has 4 rings (SSSR count). The SMILES string of the molecule is Cc1cc(C[NH+]2CC[NH+](CC(=O)N[C@@H](c3ccccc3)c3cccs3)CC2)no1. The standard InChI is InChI=1S/C22H26N4O2S/c1-17-14-19(24-28-17)15-25-9-11-26(12-10-25)16-21(27)23-22(20-8-5-13-29-20)18-6-3-2-4-7-18/h2-8,13-14,22H,9-12,15-16H2,1H3,(H,23,27)/p+2/t22-/m0/s1. The molecule has 1 amide bonds. The number of aryl methyl sites for hydroxylation is 1. The summed E-state index contributed by atoms with van der Waals surface area (Å²) in [6.07, 6.45) is 0. The van der Waals surface area contributed by atoms with Gasteiger partial charge in [-0.15, -0.1) is 11.3 Å². The fraction of sp³-hybridized carbons (Fsp3) is 0.364. The smallest absolute Gasteiger partial charge is 0.275 e. The van der Waals surface area contributed by atoms with E-state index in [1.54, 1.807) is 11.3 Å². The normalized spacial score (nSPS) is 20.3. The number of carbonyl (C=O) groups excluding carboxylic acids is 1. The molecular weight excluding hydrogens is 384 g/mol. The van der Waals surface area contributed by atoms with Crippen LogP contribution >= 0.6 is 11.3 Å². The summed E-state index contributed by atoms with van der Waals surface area (Å²) in [4.78, 5) is 16.8. The molecule has 7 heteroatoms. The third-order valence-corrected chi connectivity index (χ3v) is 6.39. The van der Waals surface area contributed by atoms with Gasteiger partial charge in [0.25, 0.3) is 5.91 Å². The summed E-state index contributed by atoms with van der Waals surface area (Å²) >= 11 is 1.68. The number of quaternary nitrogens is 2. The van der Waals surface area contributed by atoms with E-state index in [0.717, 1.165) is 54.6 Å². The van der Waals surface area contributed by atoms with Crippen LogP contribution in [0, 0.1) is 6.92 Å². The van der Waals surface area contributed by atoms with Gasteiger partial charge < -0.3 is 19.6 Å². The van der Waals surface area contributed by atoms with Gasteiger partial charge in [-0.25, -0.2) is 0 Å². The average Bonchev–Trinajstić information content (AvgIpc) is 3.40. The lowest BCUT2D eigenvalue weighted by atomic mass is 10.1. The van der Waals surface area contributed by atoms with Crippen molar-refractivity contribution in [1.82, 2.24) is 10.5 Å². The number of thiophene rings is 1. The molecule has 29 heavy (non-hydrogen) atoms. The minimum absolute atomic E-state index is 0.0783. The number of nitrogens with one attached hydrogen (secondary N) is 3. The zero-order chi connectivity index (χ0) is 20.1. The van der Waals surface area contributed by atoms with Crippen molar-refractivity contribution in [2.75, 3.05) is 32.7 Å². The molecule has 1 saturated heterocycles. The van der Waals surface area contributed by atoms with E-state index >= 15 is 0 Å². The number of nitrogens with zero attached hydrogens (tertiary/aromatic N) is 1. The maximum Gasteiger partial charge on any atom is 0.275 e. The third-order valence-electron chi connectivity index (χ3n) is 5.45. The summed E-state index contributed by atoms with van der Waals surface area (Å²) < 4.78 is 5.16. The fourth-order valence-corrected chi connectivity index (χ4v) is 4.73. The van der Waals surface area contributed by atoms with Crippen molar-refractivity contribution in [1.29, 1.82) is 0 Å². The van der Waals surface area contributed by atoms with Gasteiger partial charge in [0, 0.05) is 10.9 Å². The summed E-state index contributed by atoms with van der Waals surface area (Å²) in [5, 5.41) is 9.41. The highest BCUT2D eigenvalue weighted by atomic mass is 32.1. The van der Waals surface area contributed by atoms with Crippen molar-refractivity contribution < 1.29 is 19.1 Å². The van der Waals surface area contributed by atoms with E-state index in [0.29, 0.717) is 6.54 Å². The molecule has 152 valence electrons. The lowest BCUT2D eigenvalue weighted by Gasteiger charge is -2.29.